The molecule has 1 spiro atoms. The summed E-state index contributed by atoms with van der Waals surface area (Å²) in [5, 5.41) is 0. The molecular weight excluding hydrogens is 258 g/mol. The van der Waals surface area contributed by atoms with Gasteiger partial charge in [-0.2, -0.15) is 0 Å². The van der Waals surface area contributed by atoms with Crippen molar-refractivity contribution in [2.75, 3.05) is 6.61 Å². The third-order valence-electron chi connectivity index (χ3n) is 6.77. The van der Waals surface area contributed by atoms with E-state index in [-0.39, 0.29) is 5.60 Å². The van der Waals surface area contributed by atoms with Gasteiger partial charge in [-0.3, -0.25) is 0 Å². The maximum Gasteiger partial charge on any atom is 0.0685 e. The lowest BCUT2D eigenvalue weighted by molar-refractivity contribution is -0.123. The van der Waals surface area contributed by atoms with Gasteiger partial charge in [0, 0.05) is 12.6 Å². The molecule has 3 fully saturated rings. The van der Waals surface area contributed by atoms with Crippen molar-refractivity contribution in [1.82, 2.24) is 0 Å². The van der Waals surface area contributed by atoms with E-state index in [1.165, 1.54) is 70.6 Å². The van der Waals surface area contributed by atoms with Crippen LogP contribution < -0.4 is 5.73 Å². The van der Waals surface area contributed by atoms with Crippen molar-refractivity contribution in [2.24, 2.45) is 23.0 Å². The van der Waals surface area contributed by atoms with Crippen LogP contribution >= 0.6 is 0 Å². The van der Waals surface area contributed by atoms with Gasteiger partial charge in [-0.25, -0.2) is 0 Å². The lowest BCUT2D eigenvalue weighted by Gasteiger charge is -2.47. The minimum atomic E-state index is 0.215. The van der Waals surface area contributed by atoms with E-state index in [2.05, 4.69) is 13.8 Å². The molecule has 21 heavy (non-hydrogen) atoms. The van der Waals surface area contributed by atoms with Crippen molar-refractivity contribution in [3.63, 3.8) is 0 Å². The molecule has 2 aliphatic carbocycles. The summed E-state index contributed by atoms with van der Waals surface area (Å²) in [5.41, 5.74) is 7.51. The summed E-state index contributed by atoms with van der Waals surface area (Å²) in [4.78, 5) is 0. The molecule has 2 N–H and O–H groups in total. The maximum absolute atomic E-state index is 6.75. The standard InChI is InChI=1S/C19H35NO/c1-18(2)11-6-15(7-12-18)17(20)16-8-13-21-19(14-16)9-4-3-5-10-19/h15-17H,3-14,20H2,1-2H3. The molecule has 0 aromatic rings. The van der Waals surface area contributed by atoms with Crippen molar-refractivity contribution < 1.29 is 4.74 Å². The van der Waals surface area contributed by atoms with Gasteiger partial charge in [0.05, 0.1) is 5.60 Å². The topological polar surface area (TPSA) is 35.2 Å². The van der Waals surface area contributed by atoms with E-state index in [1.54, 1.807) is 0 Å². The van der Waals surface area contributed by atoms with Crippen LogP contribution in [0.1, 0.15) is 84.5 Å². The van der Waals surface area contributed by atoms with Gasteiger partial charge in [0.15, 0.2) is 0 Å². The Kier molecular flexibility index (Phi) is 4.66. The second-order valence-corrected chi connectivity index (χ2v) is 8.92. The van der Waals surface area contributed by atoms with Crippen LogP contribution in [-0.2, 0) is 4.74 Å². The maximum atomic E-state index is 6.75. The fourth-order valence-corrected chi connectivity index (χ4v) is 5.13. The lowest BCUT2D eigenvalue weighted by atomic mass is 9.66. The number of hydrogen-bond acceptors (Lipinski definition) is 2. The molecule has 2 saturated carbocycles. The van der Waals surface area contributed by atoms with Crippen LogP contribution in [0.5, 0.6) is 0 Å². The highest BCUT2D eigenvalue weighted by molar-refractivity contribution is 4.95. The Balaban J connectivity index is 1.58. The Labute approximate surface area is 131 Å². The average molecular weight is 293 g/mol. The van der Waals surface area contributed by atoms with Crippen LogP contribution in [0, 0.1) is 17.3 Å². The fraction of sp³-hybridized carbons (Fsp3) is 1.00. The first kappa shape index (κ1) is 15.8. The smallest absolute Gasteiger partial charge is 0.0685 e. The summed E-state index contributed by atoms with van der Waals surface area (Å²) >= 11 is 0. The largest absolute Gasteiger partial charge is 0.375 e. The Morgan fingerprint density at radius 2 is 1.57 bits per heavy atom. The first-order chi connectivity index (χ1) is 10.00. The molecule has 2 atom stereocenters. The fourth-order valence-electron chi connectivity index (χ4n) is 5.13. The van der Waals surface area contributed by atoms with E-state index in [0.717, 1.165) is 12.5 Å². The first-order valence-corrected chi connectivity index (χ1v) is 9.39. The number of rotatable bonds is 2. The molecule has 1 saturated heterocycles. The van der Waals surface area contributed by atoms with Gasteiger partial charge in [0.25, 0.3) is 0 Å². The predicted octanol–water partition coefficient (Wildman–Crippen LogP) is 4.66. The number of hydrogen-bond donors (Lipinski definition) is 1. The average Bonchev–Trinajstić information content (AvgIpc) is 2.47. The molecule has 3 aliphatic rings. The van der Waals surface area contributed by atoms with Crippen molar-refractivity contribution in [1.29, 1.82) is 0 Å². The van der Waals surface area contributed by atoms with Crippen molar-refractivity contribution >= 4 is 0 Å². The Hall–Kier alpha value is -0.0800. The van der Waals surface area contributed by atoms with E-state index < -0.39 is 0 Å². The summed E-state index contributed by atoms with van der Waals surface area (Å²) < 4.78 is 6.25. The van der Waals surface area contributed by atoms with E-state index in [4.69, 9.17) is 10.5 Å². The third-order valence-corrected chi connectivity index (χ3v) is 6.77. The molecule has 0 radical (unpaired) electrons. The van der Waals surface area contributed by atoms with Crippen molar-refractivity contribution in [3.05, 3.63) is 0 Å². The van der Waals surface area contributed by atoms with E-state index in [1.807, 2.05) is 0 Å². The van der Waals surface area contributed by atoms with Crippen LogP contribution in [0.25, 0.3) is 0 Å². The summed E-state index contributed by atoms with van der Waals surface area (Å²) in [6.07, 6.45) is 14.5. The van der Waals surface area contributed by atoms with Gasteiger partial charge < -0.3 is 10.5 Å². The Morgan fingerprint density at radius 1 is 0.905 bits per heavy atom. The van der Waals surface area contributed by atoms with Crippen molar-refractivity contribution in [2.45, 2.75) is 96.1 Å². The number of ether oxygens (including phenoxy) is 1. The molecule has 2 unspecified atom stereocenters. The number of nitrogens with two attached hydrogens (primary N) is 1. The Morgan fingerprint density at radius 3 is 2.24 bits per heavy atom. The lowest BCUT2D eigenvalue weighted by Crippen LogP contribution is -2.49. The summed E-state index contributed by atoms with van der Waals surface area (Å²) in [7, 11) is 0. The predicted molar refractivity (Wildman–Crippen MR) is 88.2 cm³/mol. The van der Waals surface area contributed by atoms with Crippen LogP contribution in [0.4, 0.5) is 0 Å². The third kappa shape index (κ3) is 3.64. The molecule has 2 nitrogen and oxygen atoms in total. The molecule has 0 bridgehead atoms. The molecule has 0 amide bonds. The molecule has 2 heteroatoms. The molecule has 3 rings (SSSR count). The summed E-state index contributed by atoms with van der Waals surface area (Å²) in [5.74, 6) is 1.48. The van der Waals surface area contributed by atoms with Gasteiger partial charge in [-0.15, -0.1) is 0 Å². The molecule has 1 heterocycles. The highest BCUT2D eigenvalue weighted by Gasteiger charge is 2.42. The highest BCUT2D eigenvalue weighted by atomic mass is 16.5. The monoisotopic (exact) mass is 293 g/mol. The minimum absolute atomic E-state index is 0.215. The zero-order valence-corrected chi connectivity index (χ0v) is 14.2. The first-order valence-electron chi connectivity index (χ1n) is 9.39. The van der Waals surface area contributed by atoms with E-state index >= 15 is 0 Å². The molecule has 122 valence electrons. The van der Waals surface area contributed by atoms with Gasteiger partial charge in [0.1, 0.15) is 0 Å². The zero-order valence-electron chi connectivity index (χ0n) is 14.2. The van der Waals surface area contributed by atoms with Gasteiger partial charge in [-0.1, -0.05) is 33.1 Å². The van der Waals surface area contributed by atoms with Gasteiger partial charge >= 0.3 is 0 Å². The second kappa shape index (κ2) is 6.20. The summed E-state index contributed by atoms with van der Waals surface area (Å²) in [6.45, 7) is 5.79. The van der Waals surface area contributed by atoms with E-state index in [9.17, 15) is 0 Å². The van der Waals surface area contributed by atoms with Crippen LogP contribution in [0.2, 0.25) is 0 Å². The molecule has 1 aliphatic heterocycles. The van der Waals surface area contributed by atoms with E-state index in [0.29, 0.717) is 17.4 Å². The minimum Gasteiger partial charge on any atom is -0.375 e. The molecule has 0 aromatic heterocycles. The van der Waals surface area contributed by atoms with Crippen LogP contribution in [-0.4, -0.2) is 18.2 Å². The molecular formula is C19H35NO. The SMILES string of the molecule is CC1(C)CCC(C(N)C2CCOC3(CCCCC3)C2)CC1. The van der Waals surface area contributed by atoms with Crippen molar-refractivity contribution in [3.8, 4) is 0 Å². The normalized spacial score (nSPS) is 34.7. The second-order valence-electron chi connectivity index (χ2n) is 8.92. The Bertz CT molecular complexity index is 330. The zero-order chi connectivity index (χ0) is 14.9. The summed E-state index contributed by atoms with van der Waals surface area (Å²) in [6, 6.07) is 0.420. The van der Waals surface area contributed by atoms with Crippen LogP contribution in [0.3, 0.4) is 0 Å². The van der Waals surface area contributed by atoms with Gasteiger partial charge in [-0.05, 0) is 68.6 Å². The highest BCUT2D eigenvalue weighted by Crippen LogP contribution is 2.45. The van der Waals surface area contributed by atoms with Crippen LogP contribution in [0.15, 0.2) is 0 Å². The quantitative estimate of drug-likeness (QED) is 0.803. The molecule has 0 aromatic carbocycles. The van der Waals surface area contributed by atoms with Gasteiger partial charge in [0.2, 0.25) is 0 Å².